The van der Waals surface area contributed by atoms with E-state index in [2.05, 4.69) is 78.0 Å². The molecule has 0 aliphatic heterocycles. The van der Waals surface area contributed by atoms with Gasteiger partial charge in [0.15, 0.2) is 0 Å². The van der Waals surface area contributed by atoms with Gasteiger partial charge in [-0.05, 0) is 30.5 Å². The zero-order valence-electron chi connectivity index (χ0n) is 11.8. The van der Waals surface area contributed by atoms with E-state index in [4.69, 9.17) is 0 Å². The quantitative estimate of drug-likeness (QED) is 0.719. The summed E-state index contributed by atoms with van der Waals surface area (Å²) in [7, 11) is 0. The number of aromatic nitrogens is 1. The average molecular weight is 264 g/mol. The van der Waals surface area contributed by atoms with Crippen LogP contribution < -0.4 is 5.32 Å². The molecule has 102 valence electrons. The molecule has 0 radical (unpaired) electrons. The number of rotatable bonds is 5. The number of hydrogen-bond donors (Lipinski definition) is 2. The zero-order valence-corrected chi connectivity index (χ0v) is 11.8. The molecule has 3 aromatic rings. The van der Waals surface area contributed by atoms with Gasteiger partial charge in [-0.15, -0.1) is 0 Å². The van der Waals surface area contributed by atoms with Crippen molar-refractivity contribution < 1.29 is 0 Å². The van der Waals surface area contributed by atoms with E-state index >= 15 is 0 Å². The van der Waals surface area contributed by atoms with E-state index in [1.165, 1.54) is 22.0 Å². The topological polar surface area (TPSA) is 27.8 Å². The fourth-order valence-electron chi connectivity index (χ4n) is 2.60. The number of H-pyrrole nitrogens is 1. The van der Waals surface area contributed by atoms with E-state index in [0.29, 0.717) is 6.04 Å². The molecule has 1 atom stereocenters. The molecule has 0 bridgehead atoms. The minimum atomic E-state index is 0.464. The number of aromatic amines is 1. The van der Waals surface area contributed by atoms with Gasteiger partial charge >= 0.3 is 0 Å². The van der Waals surface area contributed by atoms with Crippen LogP contribution in [0.2, 0.25) is 0 Å². The first-order valence-corrected chi connectivity index (χ1v) is 7.15. The summed E-state index contributed by atoms with van der Waals surface area (Å²) in [6, 6.07) is 19.5. The lowest BCUT2D eigenvalue weighted by molar-refractivity contribution is 0.547. The summed E-state index contributed by atoms with van der Waals surface area (Å²) in [6.07, 6.45) is 3.16. The Hall–Kier alpha value is -2.06. The normalized spacial score (nSPS) is 12.7. The number of fused-ring (bicyclic) bond motifs is 1. The van der Waals surface area contributed by atoms with E-state index in [9.17, 15) is 0 Å². The van der Waals surface area contributed by atoms with Crippen molar-refractivity contribution in [1.29, 1.82) is 0 Å². The summed E-state index contributed by atoms with van der Waals surface area (Å²) in [5.41, 5.74) is 3.92. The molecule has 1 heterocycles. The second-order valence-electron chi connectivity index (χ2n) is 5.33. The Morgan fingerprint density at radius 3 is 2.60 bits per heavy atom. The molecule has 2 aromatic carbocycles. The van der Waals surface area contributed by atoms with E-state index in [1.807, 2.05) is 0 Å². The molecule has 0 saturated carbocycles. The van der Waals surface area contributed by atoms with Crippen LogP contribution in [0.15, 0.2) is 60.8 Å². The van der Waals surface area contributed by atoms with Crippen molar-refractivity contribution in [2.75, 3.05) is 0 Å². The summed E-state index contributed by atoms with van der Waals surface area (Å²) in [5, 5.41) is 4.92. The van der Waals surface area contributed by atoms with Crippen LogP contribution in [0.25, 0.3) is 10.9 Å². The van der Waals surface area contributed by atoms with E-state index in [1.54, 1.807) is 0 Å². The summed E-state index contributed by atoms with van der Waals surface area (Å²) in [4.78, 5) is 3.32. The Kier molecular flexibility index (Phi) is 3.84. The van der Waals surface area contributed by atoms with Crippen LogP contribution in [0.5, 0.6) is 0 Å². The SMILES string of the molecule is CC(Cc1ccccc1)NCc1c[nH]c2ccccc12. The van der Waals surface area contributed by atoms with Crippen LogP contribution >= 0.6 is 0 Å². The van der Waals surface area contributed by atoms with E-state index < -0.39 is 0 Å². The second-order valence-corrected chi connectivity index (χ2v) is 5.33. The van der Waals surface area contributed by atoms with Gasteiger partial charge in [0.05, 0.1) is 0 Å². The fourth-order valence-corrected chi connectivity index (χ4v) is 2.60. The standard InChI is InChI=1S/C18H20N2/c1-14(11-15-7-3-2-4-8-15)19-12-16-13-20-18-10-6-5-9-17(16)18/h2-10,13-14,19-20H,11-12H2,1H3. The van der Waals surface area contributed by atoms with Crippen LogP contribution in [0, 0.1) is 0 Å². The first-order valence-electron chi connectivity index (χ1n) is 7.15. The predicted octanol–water partition coefficient (Wildman–Crippen LogP) is 3.89. The Balaban J connectivity index is 1.62. The minimum absolute atomic E-state index is 0.464. The van der Waals surface area contributed by atoms with Gasteiger partial charge in [0.2, 0.25) is 0 Å². The van der Waals surface area contributed by atoms with Gasteiger partial charge < -0.3 is 10.3 Å². The maximum Gasteiger partial charge on any atom is 0.0457 e. The largest absolute Gasteiger partial charge is 0.361 e. The van der Waals surface area contributed by atoms with Crippen LogP contribution in [0.3, 0.4) is 0 Å². The van der Waals surface area contributed by atoms with E-state index in [0.717, 1.165) is 13.0 Å². The molecule has 1 aromatic heterocycles. The molecule has 2 nitrogen and oxygen atoms in total. The molecule has 1 unspecified atom stereocenters. The molecule has 20 heavy (non-hydrogen) atoms. The van der Waals surface area contributed by atoms with Gasteiger partial charge in [0.25, 0.3) is 0 Å². The number of hydrogen-bond acceptors (Lipinski definition) is 1. The van der Waals surface area contributed by atoms with E-state index in [-0.39, 0.29) is 0 Å². The minimum Gasteiger partial charge on any atom is -0.361 e. The van der Waals surface area contributed by atoms with Gasteiger partial charge in [0, 0.05) is 29.7 Å². The summed E-state index contributed by atoms with van der Waals surface area (Å²) >= 11 is 0. The lowest BCUT2D eigenvalue weighted by Gasteiger charge is -2.13. The van der Waals surface area contributed by atoms with Crippen molar-refractivity contribution in [3.8, 4) is 0 Å². The second kappa shape index (κ2) is 5.93. The maximum absolute atomic E-state index is 3.61. The first kappa shape index (κ1) is 12.9. The highest BCUT2D eigenvalue weighted by molar-refractivity contribution is 5.82. The lowest BCUT2D eigenvalue weighted by Crippen LogP contribution is -2.27. The van der Waals surface area contributed by atoms with Gasteiger partial charge in [-0.1, -0.05) is 48.5 Å². The predicted molar refractivity (Wildman–Crippen MR) is 84.7 cm³/mol. The first-order chi connectivity index (χ1) is 9.83. The third kappa shape index (κ3) is 2.91. The molecule has 0 fully saturated rings. The van der Waals surface area contributed by atoms with Gasteiger partial charge in [-0.3, -0.25) is 0 Å². The summed E-state index contributed by atoms with van der Waals surface area (Å²) in [6.45, 7) is 3.14. The Labute approximate surface area is 119 Å². The molecular weight excluding hydrogens is 244 g/mol. The highest BCUT2D eigenvalue weighted by atomic mass is 14.9. The molecule has 0 aliphatic carbocycles. The Morgan fingerprint density at radius 1 is 1.00 bits per heavy atom. The lowest BCUT2D eigenvalue weighted by atomic mass is 10.1. The number of nitrogens with one attached hydrogen (secondary N) is 2. The van der Waals surface area contributed by atoms with Crippen molar-refractivity contribution in [1.82, 2.24) is 10.3 Å². The molecular formula is C18H20N2. The zero-order chi connectivity index (χ0) is 13.8. The van der Waals surface area contributed by atoms with Crippen molar-refractivity contribution in [3.63, 3.8) is 0 Å². The van der Waals surface area contributed by atoms with Crippen molar-refractivity contribution in [3.05, 3.63) is 71.9 Å². The highest BCUT2D eigenvalue weighted by Gasteiger charge is 2.06. The Bertz CT molecular complexity index is 670. The maximum atomic E-state index is 3.61. The molecule has 0 amide bonds. The molecule has 0 aliphatic rings. The van der Waals surface area contributed by atoms with Crippen LogP contribution in [-0.2, 0) is 13.0 Å². The van der Waals surface area contributed by atoms with Gasteiger partial charge in [-0.2, -0.15) is 0 Å². The Morgan fingerprint density at radius 2 is 1.75 bits per heavy atom. The van der Waals surface area contributed by atoms with Crippen LogP contribution in [0.1, 0.15) is 18.1 Å². The number of benzene rings is 2. The fraction of sp³-hybridized carbons (Fsp3) is 0.222. The highest BCUT2D eigenvalue weighted by Crippen LogP contribution is 2.17. The van der Waals surface area contributed by atoms with Gasteiger partial charge in [0.1, 0.15) is 0 Å². The molecule has 0 spiro atoms. The average Bonchev–Trinajstić information content (AvgIpc) is 2.89. The molecule has 2 heteroatoms. The summed E-state index contributed by atoms with van der Waals surface area (Å²) < 4.78 is 0. The van der Waals surface area contributed by atoms with Crippen LogP contribution in [-0.4, -0.2) is 11.0 Å². The van der Waals surface area contributed by atoms with Crippen molar-refractivity contribution >= 4 is 10.9 Å². The third-order valence-corrected chi connectivity index (χ3v) is 3.70. The molecule has 2 N–H and O–H groups in total. The number of para-hydroxylation sites is 1. The van der Waals surface area contributed by atoms with Crippen molar-refractivity contribution in [2.24, 2.45) is 0 Å². The van der Waals surface area contributed by atoms with Crippen molar-refractivity contribution in [2.45, 2.75) is 25.9 Å². The molecule has 3 rings (SSSR count). The monoisotopic (exact) mass is 264 g/mol. The smallest absolute Gasteiger partial charge is 0.0457 e. The third-order valence-electron chi connectivity index (χ3n) is 3.70. The van der Waals surface area contributed by atoms with Crippen LogP contribution in [0.4, 0.5) is 0 Å². The van der Waals surface area contributed by atoms with Gasteiger partial charge in [-0.25, -0.2) is 0 Å². The molecule has 0 saturated heterocycles. The summed E-state index contributed by atoms with van der Waals surface area (Å²) in [5.74, 6) is 0.